The molecule has 0 aromatic heterocycles. The van der Waals surface area contributed by atoms with Crippen LogP contribution < -0.4 is 10.2 Å². The van der Waals surface area contributed by atoms with Gasteiger partial charge < -0.3 is 5.32 Å². The molecule has 27 heavy (non-hydrogen) atoms. The van der Waals surface area contributed by atoms with E-state index in [0.717, 1.165) is 0 Å². The van der Waals surface area contributed by atoms with Gasteiger partial charge in [-0.1, -0.05) is 46.6 Å². The average molecular weight is 443 g/mol. The molecule has 0 radical (unpaired) electrons. The number of amidine groups is 1. The number of thioether (sulfide) groups is 1. The first-order valence-corrected chi connectivity index (χ1v) is 9.87. The van der Waals surface area contributed by atoms with Gasteiger partial charge in [-0.15, -0.1) is 0 Å². The predicted octanol–water partition coefficient (Wildman–Crippen LogP) is 5.11. The van der Waals surface area contributed by atoms with E-state index in [1.165, 1.54) is 16.7 Å². The zero-order valence-corrected chi connectivity index (χ0v) is 17.2. The van der Waals surface area contributed by atoms with Crippen molar-refractivity contribution in [3.05, 3.63) is 57.5 Å². The van der Waals surface area contributed by atoms with Gasteiger partial charge in [0.1, 0.15) is 5.25 Å². The molecule has 1 heterocycles. The molecule has 0 bridgehead atoms. The maximum Gasteiger partial charge on any atom is 0.247 e. The summed E-state index contributed by atoms with van der Waals surface area (Å²) in [6, 6.07) is 11.6. The maximum atomic E-state index is 12.7. The van der Waals surface area contributed by atoms with Gasteiger partial charge in [0.05, 0.1) is 5.69 Å². The number of nitrogens with one attached hydrogen (secondary N) is 1. The highest BCUT2D eigenvalue weighted by Crippen LogP contribution is 2.32. The normalized spacial score (nSPS) is 17.6. The molecule has 1 aliphatic rings. The summed E-state index contributed by atoms with van der Waals surface area (Å²) in [4.78, 5) is 30.4. The highest BCUT2D eigenvalue weighted by Gasteiger charge is 2.40. The number of anilines is 2. The van der Waals surface area contributed by atoms with Crippen LogP contribution in [0.2, 0.25) is 15.1 Å². The number of halogens is 3. The van der Waals surface area contributed by atoms with Crippen molar-refractivity contribution in [1.82, 2.24) is 0 Å². The third-order valence-corrected chi connectivity index (χ3v) is 5.61. The van der Waals surface area contributed by atoms with E-state index in [-0.39, 0.29) is 18.2 Å². The summed E-state index contributed by atoms with van der Waals surface area (Å²) in [5.41, 5.74) is 1.15. The summed E-state index contributed by atoms with van der Waals surface area (Å²) in [6.07, 6.45) is 0.0864. The summed E-state index contributed by atoms with van der Waals surface area (Å²) in [7, 11) is 1.60. The topological polar surface area (TPSA) is 61.8 Å². The largest absolute Gasteiger partial charge is 0.335 e. The van der Waals surface area contributed by atoms with Crippen LogP contribution in [0.4, 0.5) is 11.4 Å². The molecule has 1 aliphatic heterocycles. The summed E-state index contributed by atoms with van der Waals surface area (Å²) >= 11 is 19.1. The van der Waals surface area contributed by atoms with Crippen molar-refractivity contribution in [2.75, 3.05) is 17.3 Å². The molecule has 2 amide bonds. The number of benzene rings is 2. The molecule has 0 spiro atoms. The Hall–Kier alpha value is -1.73. The molecule has 3 rings (SSSR count). The van der Waals surface area contributed by atoms with Crippen LogP contribution in [0.25, 0.3) is 0 Å². The maximum absolute atomic E-state index is 12.7. The second-order valence-electron chi connectivity index (χ2n) is 5.67. The Morgan fingerprint density at radius 3 is 2.30 bits per heavy atom. The third kappa shape index (κ3) is 4.76. The van der Waals surface area contributed by atoms with E-state index in [1.807, 2.05) is 0 Å². The second kappa shape index (κ2) is 8.52. The van der Waals surface area contributed by atoms with Crippen molar-refractivity contribution in [3.8, 4) is 0 Å². The second-order valence-corrected chi connectivity index (χ2v) is 8.17. The van der Waals surface area contributed by atoms with Crippen LogP contribution in [-0.4, -0.2) is 29.3 Å². The average Bonchev–Trinajstić information content (AvgIpc) is 2.88. The fourth-order valence-corrected chi connectivity index (χ4v) is 4.22. The number of nitrogens with zero attached hydrogens (tertiary/aromatic N) is 2. The number of carbonyl (C=O) groups is 2. The monoisotopic (exact) mass is 441 g/mol. The Morgan fingerprint density at radius 2 is 1.70 bits per heavy atom. The Kier molecular flexibility index (Phi) is 6.32. The first-order valence-electron chi connectivity index (χ1n) is 7.86. The molecule has 1 fully saturated rings. The number of aliphatic imine (C=N–C) groups is 1. The number of carbonyl (C=O) groups excluding carboxylic acids is 2. The predicted molar refractivity (Wildman–Crippen MR) is 113 cm³/mol. The highest BCUT2D eigenvalue weighted by molar-refractivity contribution is 8.15. The van der Waals surface area contributed by atoms with Crippen LogP contribution in [0, 0.1) is 0 Å². The van der Waals surface area contributed by atoms with Gasteiger partial charge in [0, 0.05) is 34.2 Å². The first-order chi connectivity index (χ1) is 12.9. The van der Waals surface area contributed by atoms with Gasteiger partial charge in [-0.05, 0) is 42.5 Å². The quantitative estimate of drug-likeness (QED) is 0.408. The molecule has 0 unspecified atom stereocenters. The number of rotatable bonds is 3. The molecule has 140 valence electrons. The van der Waals surface area contributed by atoms with Gasteiger partial charge in [0.15, 0.2) is 5.17 Å². The number of hydrogen-bond acceptors (Lipinski definition) is 4. The first kappa shape index (κ1) is 20.0. The van der Waals surface area contributed by atoms with E-state index in [1.54, 1.807) is 49.5 Å². The van der Waals surface area contributed by atoms with Crippen LogP contribution >= 0.6 is 46.6 Å². The number of hydrogen-bond donors (Lipinski definition) is 1. The molecular weight excluding hydrogens is 429 g/mol. The zero-order valence-electron chi connectivity index (χ0n) is 14.1. The molecule has 1 N–H and O–H groups in total. The van der Waals surface area contributed by atoms with E-state index in [9.17, 15) is 9.59 Å². The van der Waals surface area contributed by atoms with E-state index in [2.05, 4.69) is 10.3 Å². The third-order valence-electron chi connectivity index (χ3n) is 3.76. The molecular formula is C18H14Cl3N3O2S. The summed E-state index contributed by atoms with van der Waals surface area (Å²) in [5.74, 6) is -0.555. The lowest BCUT2D eigenvalue weighted by Crippen LogP contribution is -2.31. The smallest absolute Gasteiger partial charge is 0.247 e. The fourth-order valence-electron chi connectivity index (χ4n) is 2.58. The molecule has 1 atom stereocenters. The van der Waals surface area contributed by atoms with Crippen molar-refractivity contribution < 1.29 is 9.59 Å². The van der Waals surface area contributed by atoms with E-state index in [0.29, 0.717) is 31.6 Å². The molecule has 0 saturated carbocycles. The lowest BCUT2D eigenvalue weighted by atomic mass is 10.3. The highest BCUT2D eigenvalue weighted by atomic mass is 35.5. The Labute approximate surface area is 175 Å². The lowest BCUT2D eigenvalue weighted by Gasteiger charge is -2.16. The van der Waals surface area contributed by atoms with Gasteiger partial charge in [-0.3, -0.25) is 14.6 Å². The van der Waals surface area contributed by atoms with Gasteiger partial charge in [-0.2, -0.15) is 0 Å². The van der Waals surface area contributed by atoms with E-state index >= 15 is 0 Å². The van der Waals surface area contributed by atoms with Crippen molar-refractivity contribution in [2.45, 2.75) is 11.7 Å². The minimum atomic E-state index is -0.575. The molecule has 1 saturated heterocycles. The molecule has 2 aromatic carbocycles. The zero-order chi connectivity index (χ0) is 19.6. The Bertz CT molecular complexity index is 898. The van der Waals surface area contributed by atoms with Gasteiger partial charge in [0.2, 0.25) is 11.8 Å². The minimum absolute atomic E-state index is 0.0864. The summed E-state index contributed by atoms with van der Waals surface area (Å²) in [5, 5.41) is 4.48. The Morgan fingerprint density at radius 1 is 1.07 bits per heavy atom. The van der Waals surface area contributed by atoms with E-state index in [4.69, 9.17) is 34.8 Å². The standard InChI is InChI=1S/C18H14Cl3N3O2S/c1-22-18(23-13-7-11(20)6-12(21)8-13)27-15-9-16(25)24(17(15)26)14-4-2-10(19)3-5-14/h2-8,15H,9H2,1H3,(H,22,23)/t15-/m1/s1. The van der Waals surface area contributed by atoms with Crippen molar-refractivity contribution in [1.29, 1.82) is 0 Å². The van der Waals surface area contributed by atoms with Gasteiger partial charge >= 0.3 is 0 Å². The number of imide groups is 1. The van der Waals surface area contributed by atoms with Crippen LogP contribution in [0.3, 0.4) is 0 Å². The lowest BCUT2D eigenvalue weighted by molar-refractivity contribution is -0.121. The Balaban J connectivity index is 1.73. The summed E-state index contributed by atoms with van der Waals surface area (Å²) in [6.45, 7) is 0. The van der Waals surface area contributed by atoms with Crippen molar-refractivity contribution >= 4 is 74.9 Å². The van der Waals surface area contributed by atoms with Gasteiger partial charge in [0.25, 0.3) is 0 Å². The SMILES string of the molecule is CN=C(Nc1cc(Cl)cc(Cl)c1)S[C@@H]1CC(=O)N(c2ccc(Cl)cc2)C1=O. The van der Waals surface area contributed by atoms with Gasteiger partial charge in [-0.25, -0.2) is 4.90 Å². The number of amides is 2. The van der Waals surface area contributed by atoms with Crippen LogP contribution in [-0.2, 0) is 9.59 Å². The van der Waals surface area contributed by atoms with Crippen LogP contribution in [0.5, 0.6) is 0 Å². The van der Waals surface area contributed by atoms with Crippen LogP contribution in [0.15, 0.2) is 47.5 Å². The molecule has 0 aliphatic carbocycles. The van der Waals surface area contributed by atoms with Crippen molar-refractivity contribution in [2.24, 2.45) is 4.99 Å². The summed E-state index contributed by atoms with van der Waals surface area (Å²) < 4.78 is 0. The fraction of sp³-hybridized carbons (Fsp3) is 0.167. The molecule has 2 aromatic rings. The van der Waals surface area contributed by atoms with Crippen molar-refractivity contribution in [3.63, 3.8) is 0 Å². The molecule has 9 heteroatoms. The van der Waals surface area contributed by atoms with E-state index < -0.39 is 5.25 Å². The minimum Gasteiger partial charge on any atom is -0.335 e. The van der Waals surface area contributed by atoms with Crippen LogP contribution in [0.1, 0.15) is 6.42 Å². The molecule has 5 nitrogen and oxygen atoms in total.